The Labute approximate surface area is 135 Å². The molecule has 1 aromatic heterocycles. The smallest absolute Gasteiger partial charge is 0.134 e. The predicted octanol–water partition coefficient (Wildman–Crippen LogP) is 5.94. The molecule has 0 fully saturated rings. The number of rotatable bonds is 13. The second-order valence-electron chi connectivity index (χ2n) is 5.73. The molecule has 1 aromatic rings. The quantitative estimate of drug-likeness (QED) is 0.455. The summed E-state index contributed by atoms with van der Waals surface area (Å²) in [4.78, 5) is 1.36. The van der Waals surface area contributed by atoms with Crippen LogP contribution in [0.15, 0.2) is 11.4 Å². The van der Waals surface area contributed by atoms with Gasteiger partial charge in [0.25, 0.3) is 0 Å². The molecule has 1 N–H and O–H groups in total. The van der Waals surface area contributed by atoms with Crippen LogP contribution in [0.4, 0.5) is 0 Å². The van der Waals surface area contributed by atoms with Gasteiger partial charge in [0.1, 0.15) is 5.75 Å². The van der Waals surface area contributed by atoms with Crippen LogP contribution in [0.3, 0.4) is 0 Å². The summed E-state index contributed by atoms with van der Waals surface area (Å²) in [5, 5.41) is 5.74. The fourth-order valence-corrected chi connectivity index (χ4v) is 3.76. The van der Waals surface area contributed by atoms with Crippen molar-refractivity contribution in [3.8, 4) is 5.75 Å². The molecule has 122 valence electrons. The van der Waals surface area contributed by atoms with Gasteiger partial charge in [0.05, 0.1) is 12.0 Å². The first-order chi connectivity index (χ1) is 10.3. The van der Waals surface area contributed by atoms with Crippen molar-refractivity contribution in [3.05, 3.63) is 16.3 Å². The fraction of sp³-hybridized carbons (Fsp3) is 0.778. The van der Waals surface area contributed by atoms with Crippen LogP contribution in [-0.4, -0.2) is 13.7 Å². The van der Waals surface area contributed by atoms with Crippen molar-refractivity contribution in [2.24, 2.45) is 0 Å². The topological polar surface area (TPSA) is 21.3 Å². The molecule has 0 saturated carbocycles. The minimum Gasteiger partial charge on any atom is -0.496 e. The van der Waals surface area contributed by atoms with E-state index in [0.29, 0.717) is 6.04 Å². The van der Waals surface area contributed by atoms with E-state index in [1.54, 1.807) is 7.11 Å². The third-order valence-electron chi connectivity index (χ3n) is 3.99. The highest BCUT2D eigenvalue weighted by Crippen LogP contribution is 2.33. The highest BCUT2D eigenvalue weighted by Gasteiger charge is 2.16. The molecular formula is C18H33NOS. The molecule has 0 radical (unpaired) electrons. The SMILES string of the molecule is CCCCCCCCCCC(NCC)c1sccc1OC. The molecule has 0 aromatic carbocycles. The lowest BCUT2D eigenvalue weighted by molar-refractivity contribution is 0.397. The Hall–Kier alpha value is -0.540. The first kappa shape index (κ1) is 18.5. The van der Waals surface area contributed by atoms with Crippen LogP contribution in [0.5, 0.6) is 5.75 Å². The molecule has 1 unspecified atom stereocenters. The van der Waals surface area contributed by atoms with Gasteiger partial charge in [0.2, 0.25) is 0 Å². The van der Waals surface area contributed by atoms with Crippen molar-refractivity contribution in [1.29, 1.82) is 0 Å². The number of ether oxygens (including phenoxy) is 1. The number of unbranched alkanes of at least 4 members (excludes halogenated alkanes) is 7. The predicted molar refractivity (Wildman–Crippen MR) is 94.5 cm³/mol. The van der Waals surface area contributed by atoms with Gasteiger partial charge in [-0.05, 0) is 24.4 Å². The summed E-state index contributed by atoms with van der Waals surface area (Å²) in [7, 11) is 1.77. The zero-order valence-electron chi connectivity index (χ0n) is 14.1. The molecule has 1 rings (SSSR count). The van der Waals surface area contributed by atoms with Crippen LogP contribution < -0.4 is 10.1 Å². The third-order valence-corrected chi connectivity index (χ3v) is 5.00. The monoisotopic (exact) mass is 311 g/mol. The molecule has 0 aliphatic rings. The Morgan fingerprint density at radius 3 is 2.33 bits per heavy atom. The summed E-state index contributed by atoms with van der Waals surface area (Å²) in [5.74, 6) is 1.05. The maximum atomic E-state index is 5.47. The first-order valence-electron chi connectivity index (χ1n) is 8.68. The molecule has 0 saturated heterocycles. The van der Waals surface area contributed by atoms with E-state index in [0.717, 1.165) is 12.3 Å². The lowest BCUT2D eigenvalue weighted by Gasteiger charge is -2.17. The number of hydrogen-bond acceptors (Lipinski definition) is 3. The molecule has 1 heterocycles. The second-order valence-corrected chi connectivity index (χ2v) is 6.67. The normalized spacial score (nSPS) is 12.5. The minimum atomic E-state index is 0.463. The summed E-state index contributed by atoms with van der Waals surface area (Å²) in [6.45, 7) is 5.48. The zero-order valence-corrected chi connectivity index (χ0v) is 14.9. The van der Waals surface area contributed by atoms with Gasteiger partial charge >= 0.3 is 0 Å². The van der Waals surface area contributed by atoms with E-state index in [9.17, 15) is 0 Å². The van der Waals surface area contributed by atoms with Crippen molar-refractivity contribution in [2.45, 2.75) is 77.7 Å². The Balaban J connectivity index is 2.23. The van der Waals surface area contributed by atoms with Gasteiger partial charge in [-0.25, -0.2) is 0 Å². The summed E-state index contributed by atoms with van der Waals surface area (Å²) in [6, 6.07) is 2.54. The molecule has 0 aliphatic carbocycles. The molecule has 0 amide bonds. The molecule has 2 nitrogen and oxygen atoms in total. The maximum absolute atomic E-state index is 5.47. The van der Waals surface area contributed by atoms with Crippen LogP contribution in [0.2, 0.25) is 0 Å². The summed E-state index contributed by atoms with van der Waals surface area (Å²) < 4.78 is 5.47. The fourth-order valence-electron chi connectivity index (χ4n) is 2.79. The molecule has 0 spiro atoms. The number of nitrogens with one attached hydrogen (secondary N) is 1. The highest BCUT2D eigenvalue weighted by molar-refractivity contribution is 7.10. The summed E-state index contributed by atoms with van der Waals surface area (Å²) >= 11 is 1.81. The zero-order chi connectivity index (χ0) is 15.3. The van der Waals surface area contributed by atoms with Gasteiger partial charge in [-0.3, -0.25) is 0 Å². The van der Waals surface area contributed by atoms with Gasteiger partial charge in [-0.1, -0.05) is 65.2 Å². The van der Waals surface area contributed by atoms with Gasteiger partial charge in [0, 0.05) is 6.04 Å². The van der Waals surface area contributed by atoms with E-state index in [-0.39, 0.29) is 0 Å². The van der Waals surface area contributed by atoms with Crippen molar-refractivity contribution in [2.75, 3.05) is 13.7 Å². The van der Waals surface area contributed by atoms with Crippen molar-refractivity contribution in [3.63, 3.8) is 0 Å². The average molecular weight is 312 g/mol. The lowest BCUT2D eigenvalue weighted by atomic mass is 10.0. The molecule has 21 heavy (non-hydrogen) atoms. The first-order valence-corrected chi connectivity index (χ1v) is 9.56. The molecule has 0 bridgehead atoms. The number of hydrogen-bond donors (Lipinski definition) is 1. The van der Waals surface area contributed by atoms with Crippen LogP contribution in [0, 0.1) is 0 Å². The van der Waals surface area contributed by atoms with Crippen LogP contribution >= 0.6 is 11.3 Å². The second kappa shape index (κ2) is 12.0. The molecule has 3 heteroatoms. The largest absolute Gasteiger partial charge is 0.496 e. The van der Waals surface area contributed by atoms with Crippen molar-refractivity contribution >= 4 is 11.3 Å². The molecular weight excluding hydrogens is 278 g/mol. The van der Waals surface area contributed by atoms with E-state index >= 15 is 0 Å². The van der Waals surface area contributed by atoms with Crippen molar-refractivity contribution in [1.82, 2.24) is 5.32 Å². The standard InChI is InChI=1S/C18H33NOS/c1-4-6-7-8-9-10-11-12-13-16(19-5-2)18-17(20-3)14-15-21-18/h14-16,19H,4-13H2,1-3H3. The minimum absolute atomic E-state index is 0.463. The van der Waals surface area contributed by atoms with Crippen molar-refractivity contribution < 1.29 is 4.74 Å². The van der Waals surface area contributed by atoms with Gasteiger partial charge < -0.3 is 10.1 Å². The third kappa shape index (κ3) is 7.32. The van der Waals surface area contributed by atoms with E-state index in [2.05, 4.69) is 30.6 Å². The molecule has 0 aliphatic heterocycles. The summed E-state index contributed by atoms with van der Waals surface area (Å²) in [6.07, 6.45) is 12.3. The average Bonchev–Trinajstić information content (AvgIpc) is 2.97. The number of methoxy groups -OCH3 is 1. The van der Waals surface area contributed by atoms with Crippen LogP contribution in [0.1, 0.15) is 82.6 Å². The number of thiophene rings is 1. The Morgan fingerprint density at radius 2 is 1.71 bits per heavy atom. The van der Waals surface area contributed by atoms with E-state index in [1.807, 2.05) is 11.3 Å². The van der Waals surface area contributed by atoms with Crippen LogP contribution in [0.25, 0.3) is 0 Å². The van der Waals surface area contributed by atoms with E-state index < -0.39 is 0 Å². The van der Waals surface area contributed by atoms with Gasteiger partial charge in [0.15, 0.2) is 0 Å². The lowest BCUT2D eigenvalue weighted by Crippen LogP contribution is -2.20. The van der Waals surface area contributed by atoms with Crippen LogP contribution in [-0.2, 0) is 0 Å². The van der Waals surface area contributed by atoms with E-state index in [4.69, 9.17) is 4.74 Å². The van der Waals surface area contributed by atoms with Gasteiger partial charge in [-0.15, -0.1) is 11.3 Å². The Kier molecular flexibility index (Phi) is 10.6. The van der Waals surface area contributed by atoms with E-state index in [1.165, 1.54) is 62.7 Å². The highest BCUT2D eigenvalue weighted by atomic mass is 32.1. The summed E-state index contributed by atoms with van der Waals surface area (Å²) in [5.41, 5.74) is 0. The Morgan fingerprint density at radius 1 is 1.05 bits per heavy atom. The molecule has 1 atom stereocenters. The maximum Gasteiger partial charge on any atom is 0.134 e. The Bertz CT molecular complexity index is 351. The van der Waals surface area contributed by atoms with Gasteiger partial charge in [-0.2, -0.15) is 0 Å².